The second kappa shape index (κ2) is 8.38. The van der Waals surface area contributed by atoms with Crippen LogP contribution in [-0.4, -0.2) is 41.7 Å². The number of nitro benzene ring substituents is 1. The first kappa shape index (κ1) is 19.8. The van der Waals surface area contributed by atoms with Gasteiger partial charge in [0.15, 0.2) is 5.75 Å². The van der Waals surface area contributed by atoms with Crippen molar-refractivity contribution in [2.24, 2.45) is 11.0 Å². The molecule has 0 bridgehead atoms. The van der Waals surface area contributed by atoms with E-state index in [1.165, 1.54) is 19.2 Å². The Labute approximate surface area is 165 Å². The summed E-state index contributed by atoms with van der Waals surface area (Å²) >= 11 is 0. The molecule has 10 nitrogen and oxygen atoms in total. The van der Waals surface area contributed by atoms with Crippen molar-refractivity contribution < 1.29 is 24.4 Å². The van der Waals surface area contributed by atoms with Crippen LogP contribution in [0.1, 0.15) is 17.0 Å². The third-order valence-electron chi connectivity index (χ3n) is 4.60. The molecule has 29 heavy (non-hydrogen) atoms. The molecule has 1 aliphatic heterocycles. The zero-order valence-corrected chi connectivity index (χ0v) is 15.4. The number of benzene rings is 2. The maximum absolute atomic E-state index is 12.5. The Hall–Kier alpha value is -3.95. The normalized spacial score (nSPS) is 18.4. The smallest absolute Gasteiger partial charge is 0.323 e. The van der Waals surface area contributed by atoms with E-state index in [0.717, 1.165) is 11.8 Å². The molecule has 2 atom stereocenters. The summed E-state index contributed by atoms with van der Waals surface area (Å²) in [5.41, 5.74) is 2.63. The minimum Gasteiger partial charge on any atom is -0.504 e. The number of phenolic OH excluding ortho intramolecular Hbond substituents is 1. The van der Waals surface area contributed by atoms with Gasteiger partial charge in [-0.3, -0.25) is 19.7 Å². The maximum atomic E-state index is 12.5. The van der Waals surface area contributed by atoms with Gasteiger partial charge in [0.2, 0.25) is 11.7 Å². The van der Waals surface area contributed by atoms with Gasteiger partial charge >= 0.3 is 5.69 Å². The molecular weight excluding hydrogens is 380 g/mol. The lowest BCUT2D eigenvalue weighted by Crippen LogP contribution is -2.34. The number of hydrogen-bond acceptors (Lipinski definition) is 7. The van der Waals surface area contributed by atoms with Crippen molar-refractivity contribution >= 4 is 23.7 Å². The largest absolute Gasteiger partial charge is 0.504 e. The number of nitro groups is 1. The van der Waals surface area contributed by atoms with Crippen molar-refractivity contribution in [3.8, 4) is 11.5 Å². The van der Waals surface area contributed by atoms with Crippen molar-refractivity contribution in [2.45, 2.75) is 5.92 Å². The molecule has 10 heteroatoms. The summed E-state index contributed by atoms with van der Waals surface area (Å²) in [6.45, 7) is 0.325. The Kier molecular flexibility index (Phi) is 5.72. The quantitative estimate of drug-likeness (QED) is 0.290. The number of hydrogen-bond donors (Lipinski definition) is 3. The Bertz CT molecular complexity index is 976. The van der Waals surface area contributed by atoms with Crippen LogP contribution >= 0.6 is 0 Å². The van der Waals surface area contributed by atoms with E-state index in [4.69, 9.17) is 4.74 Å². The molecule has 150 valence electrons. The summed E-state index contributed by atoms with van der Waals surface area (Å²) in [6.07, 6.45) is 1.06. The number of ether oxygens (including phenoxy) is 1. The van der Waals surface area contributed by atoms with Crippen LogP contribution in [0.4, 0.5) is 5.69 Å². The first-order chi connectivity index (χ1) is 13.9. The van der Waals surface area contributed by atoms with Gasteiger partial charge in [-0.25, -0.2) is 5.43 Å². The standard InChI is InChI=1S/C19H18N4O6/c1-29-17-14(24)8-7-12(16(17)23(27)28)9-21-22-19(26)15-13(10-20-18(15)25)11-5-3-2-4-6-11/h2-9,13,15,24H,10H2,1H3,(H,20,25)(H,22,26)/b21-9+/t13-,15+/m1/s1. The number of carbonyl (C=O) groups is 2. The Balaban J connectivity index is 1.79. The highest BCUT2D eigenvalue weighted by Crippen LogP contribution is 2.38. The Morgan fingerprint density at radius 3 is 2.72 bits per heavy atom. The van der Waals surface area contributed by atoms with Crippen LogP contribution in [0.5, 0.6) is 11.5 Å². The van der Waals surface area contributed by atoms with E-state index in [1.54, 1.807) is 0 Å². The van der Waals surface area contributed by atoms with Gasteiger partial charge < -0.3 is 15.2 Å². The zero-order valence-electron chi connectivity index (χ0n) is 15.4. The van der Waals surface area contributed by atoms with Crippen LogP contribution < -0.4 is 15.5 Å². The molecule has 0 aromatic heterocycles. The molecule has 1 fully saturated rings. The van der Waals surface area contributed by atoms with Crippen molar-refractivity contribution in [1.82, 2.24) is 10.7 Å². The summed E-state index contributed by atoms with van der Waals surface area (Å²) < 4.78 is 4.87. The number of hydrazone groups is 1. The van der Waals surface area contributed by atoms with E-state index >= 15 is 0 Å². The van der Waals surface area contributed by atoms with Gasteiger partial charge in [0.25, 0.3) is 5.91 Å². The van der Waals surface area contributed by atoms with Crippen LogP contribution in [0, 0.1) is 16.0 Å². The van der Waals surface area contributed by atoms with Crippen molar-refractivity contribution in [2.75, 3.05) is 13.7 Å². The number of nitrogens with zero attached hydrogens (tertiary/aromatic N) is 2. The molecule has 2 aromatic carbocycles. The van der Waals surface area contributed by atoms with Gasteiger partial charge in [-0.15, -0.1) is 0 Å². The van der Waals surface area contributed by atoms with Gasteiger partial charge in [-0.05, 0) is 17.7 Å². The van der Waals surface area contributed by atoms with E-state index in [-0.39, 0.29) is 17.2 Å². The number of rotatable bonds is 6. The molecule has 0 saturated carbocycles. The number of carbonyl (C=O) groups excluding carboxylic acids is 2. The van der Waals surface area contributed by atoms with Crippen molar-refractivity contribution in [3.63, 3.8) is 0 Å². The molecule has 1 heterocycles. The number of aromatic hydroxyl groups is 1. The van der Waals surface area contributed by atoms with Crippen LogP contribution in [0.3, 0.4) is 0 Å². The van der Waals surface area contributed by atoms with Gasteiger partial charge in [-0.2, -0.15) is 5.10 Å². The number of amides is 2. The average Bonchev–Trinajstić information content (AvgIpc) is 3.10. The summed E-state index contributed by atoms with van der Waals surface area (Å²) in [5.74, 6) is -3.07. The molecule has 0 unspecified atom stereocenters. The fourth-order valence-corrected chi connectivity index (χ4v) is 3.24. The SMILES string of the molecule is COc1c(O)ccc(/C=N/NC(=O)[C@@H]2C(=O)NC[C@@H]2c2ccccc2)c1[N+](=O)[O-]. The molecule has 3 rings (SSSR count). The van der Waals surface area contributed by atoms with Gasteiger partial charge in [-0.1, -0.05) is 30.3 Å². The zero-order chi connectivity index (χ0) is 21.0. The monoisotopic (exact) mass is 398 g/mol. The lowest BCUT2D eigenvalue weighted by molar-refractivity contribution is -0.386. The molecule has 1 saturated heterocycles. The predicted molar refractivity (Wildman–Crippen MR) is 103 cm³/mol. The van der Waals surface area contributed by atoms with Crippen LogP contribution in [0.25, 0.3) is 0 Å². The summed E-state index contributed by atoms with van der Waals surface area (Å²) in [5, 5.41) is 27.4. The molecule has 0 aliphatic carbocycles. The van der Waals surface area contributed by atoms with Crippen molar-refractivity contribution in [1.29, 1.82) is 0 Å². The number of phenols is 1. The highest BCUT2D eigenvalue weighted by atomic mass is 16.6. The lowest BCUT2D eigenvalue weighted by atomic mass is 9.88. The number of nitrogens with one attached hydrogen (secondary N) is 2. The van der Waals surface area contributed by atoms with E-state index in [9.17, 15) is 24.8 Å². The number of methoxy groups -OCH3 is 1. The van der Waals surface area contributed by atoms with Gasteiger partial charge in [0.05, 0.1) is 23.8 Å². The fraction of sp³-hybridized carbons (Fsp3) is 0.211. The van der Waals surface area contributed by atoms with Gasteiger partial charge in [0, 0.05) is 12.5 Å². The highest BCUT2D eigenvalue weighted by Gasteiger charge is 2.41. The fourth-order valence-electron chi connectivity index (χ4n) is 3.24. The van der Waals surface area contributed by atoms with Crippen LogP contribution in [0.15, 0.2) is 47.6 Å². The Morgan fingerprint density at radius 2 is 2.07 bits per heavy atom. The lowest BCUT2D eigenvalue weighted by Gasteiger charge is -2.15. The molecule has 0 spiro atoms. The Morgan fingerprint density at radius 1 is 1.34 bits per heavy atom. The van der Waals surface area contributed by atoms with E-state index in [1.807, 2.05) is 30.3 Å². The van der Waals surface area contributed by atoms with E-state index < -0.39 is 34.1 Å². The highest BCUT2D eigenvalue weighted by molar-refractivity contribution is 6.03. The molecule has 1 aliphatic rings. The minimum atomic E-state index is -0.973. The second-order valence-corrected chi connectivity index (χ2v) is 6.29. The molecule has 2 aromatic rings. The minimum absolute atomic E-state index is 0.0143. The molecular formula is C19H18N4O6. The first-order valence-electron chi connectivity index (χ1n) is 8.64. The van der Waals surface area contributed by atoms with Crippen LogP contribution in [0.2, 0.25) is 0 Å². The van der Waals surface area contributed by atoms with Gasteiger partial charge in [0.1, 0.15) is 5.92 Å². The maximum Gasteiger partial charge on any atom is 0.323 e. The third kappa shape index (κ3) is 4.00. The summed E-state index contributed by atoms with van der Waals surface area (Å²) in [7, 11) is 1.19. The second-order valence-electron chi connectivity index (χ2n) is 6.29. The summed E-state index contributed by atoms with van der Waals surface area (Å²) in [4.78, 5) is 35.3. The van der Waals surface area contributed by atoms with Crippen LogP contribution in [-0.2, 0) is 9.59 Å². The predicted octanol–water partition coefficient (Wildman–Crippen LogP) is 1.29. The third-order valence-corrected chi connectivity index (χ3v) is 4.60. The van der Waals surface area contributed by atoms with E-state index in [0.29, 0.717) is 6.54 Å². The first-order valence-corrected chi connectivity index (χ1v) is 8.64. The average molecular weight is 398 g/mol. The van der Waals surface area contributed by atoms with Crippen molar-refractivity contribution in [3.05, 3.63) is 63.7 Å². The van der Waals surface area contributed by atoms with E-state index in [2.05, 4.69) is 15.8 Å². The molecule has 3 N–H and O–H groups in total. The molecule has 0 radical (unpaired) electrons. The topological polar surface area (TPSA) is 143 Å². The summed E-state index contributed by atoms with van der Waals surface area (Å²) in [6, 6.07) is 11.6. The molecule has 2 amide bonds.